The lowest BCUT2D eigenvalue weighted by molar-refractivity contribution is 0.217. The normalized spacial score (nSPS) is 12.6. The van der Waals surface area contributed by atoms with E-state index in [1.807, 2.05) is 13.8 Å². The Kier molecular flexibility index (Phi) is 3.28. The molecule has 0 fully saturated rings. The van der Waals surface area contributed by atoms with Crippen LogP contribution in [-0.4, -0.2) is 6.10 Å². The van der Waals surface area contributed by atoms with Gasteiger partial charge in [-0.25, -0.2) is 8.78 Å². The molecule has 2 nitrogen and oxygen atoms in total. The van der Waals surface area contributed by atoms with Gasteiger partial charge >= 0.3 is 0 Å². The summed E-state index contributed by atoms with van der Waals surface area (Å²) in [7, 11) is 0. The fourth-order valence-electron chi connectivity index (χ4n) is 0.959. The first kappa shape index (κ1) is 10.8. The molecule has 1 unspecified atom stereocenters. The maximum Gasteiger partial charge on any atom is 0.152 e. The van der Waals surface area contributed by atoms with E-state index in [-0.39, 0.29) is 17.5 Å². The number of rotatable bonds is 3. The molecule has 0 radical (unpaired) electrons. The molecular weight excluding hydrogens is 188 g/mol. The Morgan fingerprint density at radius 1 is 1.43 bits per heavy atom. The first-order valence-electron chi connectivity index (χ1n) is 4.45. The van der Waals surface area contributed by atoms with Crippen LogP contribution in [0.2, 0.25) is 0 Å². The van der Waals surface area contributed by atoms with Crippen molar-refractivity contribution in [3.63, 3.8) is 0 Å². The molecule has 78 valence electrons. The van der Waals surface area contributed by atoms with Gasteiger partial charge < -0.3 is 10.5 Å². The van der Waals surface area contributed by atoms with Crippen molar-refractivity contribution in [3.8, 4) is 5.75 Å². The molecule has 14 heavy (non-hydrogen) atoms. The summed E-state index contributed by atoms with van der Waals surface area (Å²) in [5, 5.41) is 0. The summed E-state index contributed by atoms with van der Waals surface area (Å²) in [5.74, 6) is -1.41. The average Bonchev–Trinajstić information content (AvgIpc) is 2.13. The van der Waals surface area contributed by atoms with Crippen LogP contribution in [0, 0.1) is 11.6 Å². The summed E-state index contributed by atoms with van der Waals surface area (Å²) in [6.45, 7) is 3.72. The summed E-state index contributed by atoms with van der Waals surface area (Å²) in [6.07, 6.45) is 0.635. The maximum atomic E-state index is 12.9. The van der Waals surface area contributed by atoms with Gasteiger partial charge in [-0.1, -0.05) is 6.92 Å². The van der Waals surface area contributed by atoms with Gasteiger partial charge in [0.1, 0.15) is 17.3 Å². The van der Waals surface area contributed by atoms with Crippen LogP contribution in [-0.2, 0) is 0 Å². The third-order valence-electron chi connectivity index (χ3n) is 1.96. The lowest BCUT2D eigenvalue weighted by Gasteiger charge is -2.14. The monoisotopic (exact) mass is 201 g/mol. The highest BCUT2D eigenvalue weighted by atomic mass is 19.1. The molecule has 0 saturated carbocycles. The van der Waals surface area contributed by atoms with Crippen molar-refractivity contribution in [1.82, 2.24) is 0 Å². The average molecular weight is 201 g/mol. The molecule has 0 aliphatic rings. The lowest BCUT2D eigenvalue weighted by Crippen LogP contribution is -2.11. The molecule has 0 spiro atoms. The third kappa shape index (κ3) is 2.34. The van der Waals surface area contributed by atoms with Crippen LogP contribution < -0.4 is 10.5 Å². The quantitative estimate of drug-likeness (QED) is 0.763. The molecular formula is C10H13F2NO. The van der Waals surface area contributed by atoms with Crippen molar-refractivity contribution in [3.05, 3.63) is 23.8 Å². The predicted octanol–water partition coefficient (Wildman–Crippen LogP) is 2.72. The van der Waals surface area contributed by atoms with E-state index < -0.39 is 11.6 Å². The zero-order valence-electron chi connectivity index (χ0n) is 8.18. The first-order valence-corrected chi connectivity index (χ1v) is 4.45. The topological polar surface area (TPSA) is 35.2 Å². The first-order chi connectivity index (χ1) is 6.54. The number of nitrogens with two attached hydrogens (primary N) is 1. The van der Waals surface area contributed by atoms with Crippen molar-refractivity contribution >= 4 is 5.69 Å². The van der Waals surface area contributed by atoms with Crippen LogP contribution in [0.1, 0.15) is 20.3 Å². The van der Waals surface area contributed by atoms with Crippen LogP contribution in [0.3, 0.4) is 0 Å². The standard InChI is InChI=1S/C10H13F2NO/c1-3-6(2)14-9-5-7(11)4-8(12)10(9)13/h4-6H,3,13H2,1-2H3. The highest BCUT2D eigenvalue weighted by molar-refractivity contribution is 5.53. The van der Waals surface area contributed by atoms with Crippen LogP contribution in [0.4, 0.5) is 14.5 Å². The van der Waals surface area contributed by atoms with Crippen LogP contribution in [0.15, 0.2) is 12.1 Å². The van der Waals surface area contributed by atoms with E-state index in [1.54, 1.807) is 0 Å². The van der Waals surface area contributed by atoms with Crippen molar-refractivity contribution in [2.75, 3.05) is 5.73 Å². The summed E-state index contributed by atoms with van der Waals surface area (Å²) < 4.78 is 31.0. The summed E-state index contributed by atoms with van der Waals surface area (Å²) in [5.41, 5.74) is 5.24. The maximum absolute atomic E-state index is 12.9. The minimum Gasteiger partial charge on any atom is -0.488 e. The second-order valence-corrected chi connectivity index (χ2v) is 3.14. The fraction of sp³-hybridized carbons (Fsp3) is 0.400. The summed E-state index contributed by atoms with van der Waals surface area (Å²) in [4.78, 5) is 0. The van der Waals surface area contributed by atoms with Crippen molar-refractivity contribution in [1.29, 1.82) is 0 Å². The van der Waals surface area contributed by atoms with Gasteiger partial charge in [-0.05, 0) is 13.3 Å². The smallest absolute Gasteiger partial charge is 0.152 e. The largest absolute Gasteiger partial charge is 0.488 e. The van der Waals surface area contributed by atoms with Gasteiger partial charge in [-0.3, -0.25) is 0 Å². The van der Waals surface area contributed by atoms with E-state index in [4.69, 9.17) is 10.5 Å². The number of hydrogen-bond donors (Lipinski definition) is 1. The van der Waals surface area contributed by atoms with E-state index in [9.17, 15) is 8.78 Å². The second-order valence-electron chi connectivity index (χ2n) is 3.14. The molecule has 0 heterocycles. The van der Waals surface area contributed by atoms with Crippen molar-refractivity contribution in [2.24, 2.45) is 0 Å². The number of nitrogen functional groups attached to an aromatic ring is 1. The van der Waals surface area contributed by atoms with Gasteiger partial charge in [-0.15, -0.1) is 0 Å². The van der Waals surface area contributed by atoms with E-state index in [2.05, 4.69) is 0 Å². The molecule has 0 aliphatic carbocycles. The highest BCUT2D eigenvalue weighted by Gasteiger charge is 2.11. The van der Waals surface area contributed by atoms with Crippen molar-refractivity contribution < 1.29 is 13.5 Å². The second kappa shape index (κ2) is 4.26. The zero-order chi connectivity index (χ0) is 10.7. The molecule has 1 rings (SSSR count). The highest BCUT2D eigenvalue weighted by Crippen LogP contribution is 2.26. The number of anilines is 1. The minimum absolute atomic E-state index is 0.0665. The lowest BCUT2D eigenvalue weighted by atomic mass is 10.2. The van der Waals surface area contributed by atoms with Crippen LogP contribution in [0.25, 0.3) is 0 Å². The van der Waals surface area contributed by atoms with Gasteiger partial charge in [0.05, 0.1) is 6.10 Å². The molecule has 0 aromatic heterocycles. The SMILES string of the molecule is CCC(C)Oc1cc(F)cc(F)c1N. The Morgan fingerprint density at radius 2 is 2.07 bits per heavy atom. The third-order valence-corrected chi connectivity index (χ3v) is 1.96. The van der Waals surface area contributed by atoms with Gasteiger partial charge in [0.2, 0.25) is 0 Å². The molecule has 1 atom stereocenters. The molecule has 4 heteroatoms. The number of halogens is 2. The molecule has 0 aliphatic heterocycles. The number of hydrogen-bond acceptors (Lipinski definition) is 2. The van der Waals surface area contributed by atoms with E-state index >= 15 is 0 Å². The molecule has 0 bridgehead atoms. The number of ether oxygens (including phenoxy) is 1. The fourth-order valence-corrected chi connectivity index (χ4v) is 0.959. The van der Waals surface area contributed by atoms with E-state index in [0.29, 0.717) is 0 Å². The van der Waals surface area contributed by atoms with Gasteiger partial charge in [0, 0.05) is 12.1 Å². The summed E-state index contributed by atoms with van der Waals surface area (Å²) >= 11 is 0. The molecule has 2 N–H and O–H groups in total. The zero-order valence-corrected chi connectivity index (χ0v) is 8.18. The summed E-state index contributed by atoms with van der Waals surface area (Å²) in [6, 6.07) is 1.82. The van der Waals surface area contributed by atoms with Gasteiger partial charge in [-0.2, -0.15) is 0 Å². The Hall–Kier alpha value is -1.32. The predicted molar refractivity (Wildman–Crippen MR) is 51.2 cm³/mol. The Labute approximate surface area is 81.7 Å². The molecule has 0 saturated heterocycles. The van der Waals surface area contributed by atoms with Crippen molar-refractivity contribution in [2.45, 2.75) is 26.4 Å². The molecule has 0 amide bonds. The minimum atomic E-state index is -0.789. The molecule has 1 aromatic carbocycles. The van der Waals surface area contributed by atoms with Crippen LogP contribution >= 0.6 is 0 Å². The Morgan fingerprint density at radius 3 is 2.64 bits per heavy atom. The molecule has 1 aromatic rings. The Bertz CT molecular complexity index is 328. The van der Waals surface area contributed by atoms with Crippen LogP contribution in [0.5, 0.6) is 5.75 Å². The van der Waals surface area contributed by atoms with E-state index in [1.165, 1.54) is 0 Å². The number of benzene rings is 1. The van der Waals surface area contributed by atoms with Gasteiger partial charge in [0.15, 0.2) is 5.82 Å². The van der Waals surface area contributed by atoms with E-state index in [0.717, 1.165) is 18.6 Å². The Balaban J connectivity index is 2.96. The van der Waals surface area contributed by atoms with Gasteiger partial charge in [0.25, 0.3) is 0 Å².